The lowest BCUT2D eigenvalue weighted by atomic mass is 9.95. The molecule has 22 heavy (non-hydrogen) atoms. The number of rotatable bonds is 4. The Hall–Kier alpha value is -0.853. The molecular formula is C16H29NO4Si. The minimum Gasteiger partial charge on any atom is -0.465 e. The van der Waals surface area contributed by atoms with E-state index in [9.17, 15) is 15.0 Å². The lowest BCUT2D eigenvalue weighted by molar-refractivity contribution is 0.0713. The minimum atomic E-state index is -1.92. The summed E-state index contributed by atoms with van der Waals surface area (Å²) < 4.78 is 6.27. The van der Waals surface area contributed by atoms with Crippen LogP contribution in [0.3, 0.4) is 0 Å². The Morgan fingerprint density at radius 1 is 1.41 bits per heavy atom. The summed E-state index contributed by atoms with van der Waals surface area (Å²) in [5, 5.41) is 19.5. The van der Waals surface area contributed by atoms with E-state index in [0.29, 0.717) is 12.5 Å². The smallest absolute Gasteiger partial charge is 0.407 e. The van der Waals surface area contributed by atoms with E-state index in [0.717, 1.165) is 18.4 Å². The van der Waals surface area contributed by atoms with Crippen LogP contribution in [0.25, 0.3) is 0 Å². The van der Waals surface area contributed by atoms with Crippen molar-refractivity contribution in [1.29, 1.82) is 0 Å². The van der Waals surface area contributed by atoms with Crippen LogP contribution in [-0.4, -0.2) is 54.8 Å². The fraction of sp³-hybridized carbons (Fsp3) is 0.812. The zero-order valence-corrected chi connectivity index (χ0v) is 15.3. The van der Waals surface area contributed by atoms with Crippen LogP contribution in [0.5, 0.6) is 0 Å². The SMILES string of the molecule is CC(C)(C)[Si](C)(C)OC[C@@H]1C(C2CC2)=C[C@H](O)CN1C(=O)O. The first-order valence-electron chi connectivity index (χ1n) is 8.06. The standard InChI is InChI=1S/C16H29NO4Si/c1-16(2,3)22(4,5)21-10-14-13(11-6-7-11)8-12(18)9-17(14)15(19)20/h8,11-12,14,18H,6-7,9-10H2,1-5H3,(H,19,20)/t12-,14+/m0/s1. The molecule has 0 spiro atoms. The topological polar surface area (TPSA) is 70.0 Å². The van der Waals surface area contributed by atoms with Crippen LogP contribution in [0.4, 0.5) is 4.79 Å². The Bertz CT molecular complexity index is 465. The van der Waals surface area contributed by atoms with E-state index in [1.54, 1.807) is 0 Å². The van der Waals surface area contributed by atoms with E-state index in [1.165, 1.54) is 4.90 Å². The van der Waals surface area contributed by atoms with Gasteiger partial charge in [0.15, 0.2) is 8.32 Å². The van der Waals surface area contributed by atoms with Crippen molar-refractivity contribution in [3.63, 3.8) is 0 Å². The third-order valence-corrected chi connectivity index (χ3v) is 9.73. The van der Waals surface area contributed by atoms with Crippen molar-refractivity contribution in [3.05, 3.63) is 11.6 Å². The molecule has 0 unspecified atom stereocenters. The zero-order valence-electron chi connectivity index (χ0n) is 14.3. The van der Waals surface area contributed by atoms with Crippen molar-refractivity contribution >= 4 is 14.4 Å². The third kappa shape index (κ3) is 3.72. The number of aliphatic hydroxyl groups excluding tert-OH is 1. The van der Waals surface area contributed by atoms with Crippen LogP contribution in [0.1, 0.15) is 33.6 Å². The predicted octanol–water partition coefficient (Wildman–Crippen LogP) is 3.07. The van der Waals surface area contributed by atoms with Crippen LogP contribution in [0, 0.1) is 5.92 Å². The lowest BCUT2D eigenvalue weighted by Gasteiger charge is -2.41. The molecule has 2 N–H and O–H groups in total. The van der Waals surface area contributed by atoms with Gasteiger partial charge in [-0.25, -0.2) is 4.79 Å². The molecule has 2 atom stereocenters. The Morgan fingerprint density at radius 2 is 2.00 bits per heavy atom. The Labute approximate surface area is 134 Å². The second kappa shape index (κ2) is 5.98. The molecule has 1 saturated carbocycles. The quantitative estimate of drug-likeness (QED) is 0.615. The summed E-state index contributed by atoms with van der Waals surface area (Å²) in [7, 11) is -1.92. The predicted molar refractivity (Wildman–Crippen MR) is 88.5 cm³/mol. The summed E-state index contributed by atoms with van der Waals surface area (Å²) in [6.07, 6.45) is 2.35. The molecule has 1 aliphatic carbocycles. The molecule has 0 aromatic heterocycles. The highest BCUT2D eigenvalue weighted by Crippen LogP contribution is 2.42. The van der Waals surface area contributed by atoms with E-state index in [-0.39, 0.29) is 17.6 Å². The zero-order chi connectivity index (χ0) is 16.7. The fourth-order valence-electron chi connectivity index (χ4n) is 2.62. The molecule has 2 rings (SSSR count). The van der Waals surface area contributed by atoms with E-state index in [1.807, 2.05) is 6.08 Å². The van der Waals surface area contributed by atoms with Gasteiger partial charge < -0.3 is 14.6 Å². The summed E-state index contributed by atoms with van der Waals surface area (Å²) in [4.78, 5) is 12.9. The highest BCUT2D eigenvalue weighted by Gasteiger charge is 2.42. The first-order chi connectivity index (χ1) is 10.0. The number of aliphatic hydroxyl groups is 1. The van der Waals surface area contributed by atoms with Crippen LogP contribution in [-0.2, 0) is 4.43 Å². The molecule has 0 saturated heterocycles. The van der Waals surface area contributed by atoms with Gasteiger partial charge in [0.2, 0.25) is 0 Å². The highest BCUT2D eigenvalue weighted by molar-refractivity contribution is 6.74. The van der Waals surface area contributed by atoms with Gasteiger partial charge in [-0.05, 0) is 42.5 Å². The molecule has 1 aliphatic heterocycles. The molecule has 0 aromatic rings. The van der Waals surface area contributed by atoms with Crippen LogP contribution in [0.2, 0.25) is 18.1 Å². The Morgan fingerprint density at radius 3 is 2.45 bits per heavy atom. The maximum atomic E-state index is 11.6. The first-order valence-corrected chi connectivity index (χ1v) is 11.0. The largest absolute Gasteiger partial charge is 0.465 e. The molecule has 1 amide bonds. The maximum Gasteiger partial charge on any atom is 0.407 e. The fourth-order valence-corrected chi connectivity index (χ4v) is 3.63. The van der Waals surface area contributed by atoms with Crippen LogP contribution < -0.4 is 0 Å². The molecule has 1 heterocycles. The van der Waals surface area contributed by atoms with E-state index in [4.69, 9.17) is 4.43 Å². The van der Waals surface area contributed by atoms with Gasteiger partial charge in [-0.2, -0.15) is 0 Å². The number of carbonyl (C=O) groups is 1. The van der Waals surface area contributed by atoms with Crippen molar-refractivity contribution in [2.75, 3.05) is 13.2 Å². The van der Waals surface area contributed by atoms with Crippen LogP contribution >= 0.6 is 0 Å². The molecule has 0 aromatic carbocycles. The number of hydrogen-bond donors (Lipinski definition) is 2. The second-order valence-electron chi connectivity index (χ2n) is 8.03. The summed E-state index contributed by atoms with van der Waals surface area (Å²) >= 11 is 0. The van der Waals surface area contributed by atoms with Gasteiger partial charge in [-0.15, -0.1) is 0 Å². The normalized spacial score (nSPS) is 26.8. The first kappa shape index (κ1) is 17.5. The van der Waals surface area contributed by atoms with Crippen LogP contribution in [0.15, 0.2) is 11.6 Å². The molecule has 0 radical (unpaired) electrons. The molecule has 126 valence electrons. The molecule has 5 nitrogen and oxygen atoms in total. The number of carboxylic acid groups (broad SMARTS) is 1. The molecule has 1 fully saturated rings. The summed E-state index contributed by atoms with van der Waals surface area (Å²) in [6.45, 7) is 11.4. The number of amides is 1. The average Bonchev–Trinajstić information content (AvgIpc) is 3.18. The monoisotopic (exact) mass is 327 g/mol. The lowest BCUT2D eigenvalue weighted by Crippen LogP contribution is -2.52. The van der Waals surface area contributed by atoms with Gasteiger partial charge in [-0.3, -0.25) is 4.90 Å². The van der Waals surface area contributed by atoms with Gasteiger partial charge in [-0.1, -0.05) is 26.8 Å². The molecular weight excluding hydrogens is 298 g/mol. The van der Waals surface area contributed by atoms with Gasteiger partial charge in [0.05, 0.1) is 25.3 Å². The molecule has 0 bridgehead atoms. The second-order valence-corrected chi connectivity index (χ2v) is 12.8. The van der Waals surface area contributed by atoms with Gasteiger partial charge in [0, 0.05) is 0 Å². The summed E-state index contributed by atoms with van der Waals surface area (Å²) in [5.74, 6) is 0.421. The van der Waals surface area contributed by atoms with Crippen molar-refractivity contribution in [1.82, 2.24) is 4.90 Å². The Kier molecular flexibility index (Phi) is 4.76. The maximum absolute atomic E-state index is 11.6. The van der Waals surface area contributed by atoms with Crippen molar-refractivity contribution in [2.45, 2.75) is 63.9 Å². The number of hydrogen-bond acceptors (Lipinski definition) is 3. The summed E-state index contributed by atoms with van der Waals surface area (Å²) in [6, 6.07) is -0.248. The average molecular weight is 327 g/mol. The van der Waals surface area contributed by atoms with Crippen molar-refractivity contribution in [3.8, 4) is 0 Å². The highest BCUT2D eigenvalue weighted by atomic mass is 28.4. The van der Waals surface area contributed by atoms with Gasteiger partial charge >= 0.3 is 6.09 Å². The summed E-state index contributed by atoms with van der Waals surface area (Å²) in [5.41, 5.74) is 1.06. The molecule has 2 aliphatic rings. The number of β-amino-alcohol motifs (C(OH)–C–C–N with tert-alkyl or cyclic N) is 1. The molecule has 6 heteroatoms. The van der Waals surface area contributed by atoms with Gasteiger partial charge in [0.25, 0.3) is 0 Å². The van der Waals surface area contributed by atoms with Crippen molar-refractivity contribution in [2.24, 2.45) is 5.92 Å². The minimum absolute atomic E-state index is 0.0959. The van der Waals surface area contributed by atoms with E-state index < -0.39 is 20.5 Å². The van der Waals surface area contributed by atoms with Crippen molar-refractivity contribution < 1.29 is 19.4 Å². The number of nitrogens with zero attached hydrogens (tertiary/aromatic N) is 1. The van der Waals surface area contributed by atoms with Gasteiger partial charge in [0.1, 0.15) is 0 Å². The third-order valence-electron chi connectivity index (χ3n) is 5.23. The van der Waals surface area contributed by atoms with E-state index >= 15 is 0 Å². The Balaban J connectivity index is 2.16. The van der Waals surface area contributed by atoms with E-state index in [2.05, 4.69) is 33.9 Å².